The Morgan fingerprint density at radius 3 is 2.93 bits per heavy atom. The third-order valence-corrected chi connectivity index (χ3v) is 2.56. The van der Waals surface area contributed by atoms with E-state index >= 15 is 0 Å². The molecule has 1 atom stereocenters. The van der Waals surface area contributed by atoms with E-state index in [1.54, 1.807) is 0 Å². The van der Waals surface area contributed by atoms with Gasteiger partial charge in [-0.1, -0.05) is 12.8 Å². The predicted octanol–water partition coefficient (Wildman–Crippen LogP) is 1.01. The molecule has 1 saturated heterocycles. The zero-order valence-electron chi connectivity index (χ0n) is 9.34. The number of terminal acetylenes is 1. The number of nitrogens with zero attached hydrogens (tertiary/aromatic N) is 1. The fraction of sp³-hybridized carbons (Fsp3) is 0.818. The van der Waals surface area contributed by atoms with Crippen LogP contribution in [-0.4, -0.2) is 36.3 Å². The number of hydroxylamine groups is 2. The summed E-state index contributed by atoms with van der Waals surface area (Å²) < 4.78 is 0. The van der Waals surface area contributed by atoms with Crippen LogP contribution in [0.5, 0.6) is 0 Å². The third-order valence-electron chi connectivity index (χ3n) is 2.56. The van der Waals surface area contributed by atoms with Crippen LogP contribution < -0.4 is 5.32 Å². The van der Waals surface area contributed by atoms with Gasteiger partial charge in [0.15, 0.2) is 0 Å². The van der Waals surface area contributed by atoms with Gasteiger partial charge in [0.2, 0.25) is 0 Å². The molecular weight excluding hydrogens is 176 g/mol. The Morgan fingerprint density at radius 1 is 1.64 bits per heavy atom. The van der Waals surface area contributed by atoms with E-state index in [9.17, 15) is 0 Å². The minimum Gasteiger partial charge on any atom is -0.309 e. The first-order valence-corrected chi connectivity index (χ1v) is 5.17. The van der Waals surface area contributed by atoms with Crippen LogP contribution in [0.1, 0.15) is 27.2 Å². The summed E-state index contributed by atoms with van der Waals surface area (Å²) in [5.41, 5.74) is 0.111. The Labute approximate surface area is 86.8 Å². The van der Waals surface area contributed by atoms with Crippen LogP contribution in [0.4, 0.5) is 0 Å². The van der Waals surface area contributed by atoms with Crippen LogP contribution >= 0.6 is 0 Å². The predicted molar refractivity (Wildman–Crippen MR) is 57.7 cm³/mol. The van der Waals surface area contributed by atoms with Gasteiger partial charge in [-0.25, -0.2) is 0 Å². The molecule has 1 rings (SSSR count). The van der Waals surface area contributed by atoms with Crippen molar-refractivity contribution in [3.05, 3.63) is 0 Å². The van der Waals surface area contributed by atoms with Crippen LogP contribution in [0.15, 0.2) is 0 Å². The summed E-state index contributed by atoms with van der Waals surface area (Å²) in [7, 11) is 0. The molecule has 0 amide bonds. The maximum Gasteiger partial charge on any atom is 0.129 e. The topological polar surface area (TPSA) is 24.5 Å². The zero-order valence-corrected chi connectivity index (χ0v) is 9.34. The Kier molecular flexibility index (Phi) is 3.94. The summed E-state index contributed by atoms with van der Waals surface area (Å²) in [5, 5.41) is 5.52. The molecular formula is C11H20N2O. The van der Waals surface area contributed by atoms with Crippen molar-refractivity contribution in [3.63, 3.8) is 0 Å². The summed E-state index contributed by atoms with van der Waals surface area (Å²) in [6.45, 7) is 8.72. The average Bonchev–Trinajstić information content (AvgIpc) is 2.14. The summed E-state index contributed by atoms with van der Waals surface area (Å²) >= 11 is 0. The molecule has 0 saturated carbocycles. The highest BCUT2D eigenvalue weighted by atomic mass is 16.7. The average molecular weight is 196 g/mol. The van der Waals surface area contributed by atoms with E-state index < -0.39 is 0 Å². The van der Waals surface area contributed by atoms with Crippen LogP contribution in [0.3, 0.4) is 0 Å². The number of hydrogen-bond donors (Lipinski definition) is 1. The number of nitrogens with one attached hydrogen (secondary N) is 1. The van der Waals surface area contributed by atoms with E-state index in [4.69, 9.17) is 11.3 Å². The van der Waals surface area contributed by atoms with Crippen molar-refractivity contribution in [2.45, 2.75) is 38.8 Å². The lowest BCUT2D eigenvalue weighted by molar-refractivity contribution is -0.198. The second-order valence-corrected chi connectivity index (χ2v) is 4.38. The van der Waals surface area contributed by atoms with Gasteiger partial charge >= 0.3 is 0 Å². The highest BCUT2D eigenvalue weighted by Crippen LogP contribution is 2.16. The van der Waals surface area contributed by atoms with Crippen LogP contribution in [0, 0.1) is 12.3 Å². The van der Waals surface area contributed by atoms with Crippen molar-refractivity contribution in [2.24, 2.45) is 0 Å². The molecule has 0 spiro atoms. The van der Waals surface area contributed by atoms with Crippen LogP contribution in [0.2, 0.25) is 0 Å². The van der Waals surface area contributed by atoms with Crippen molar-refractivity contribution < 1.29 is 4.84 Å². The molecule has 80 valence electrons. The van der Waals surface area contributed by atoms with E-state index in [2.05, 4.69) is 32.0 Å². The molecule has 3 nitrogen and oxygen atoms in total. The van der Waals surface area contributed by atoms with E-state index in [-0.39, 0.29) is 5.54 Å². The molecule has 1 N–H and O–H groups in total. The second kappa shape index (κ2) is 4.79. The molecule has 0 aliphatic carbocycles. The van der Waals surface area contributed by atoms with Crippen molar-refractivity contribution in [2.75, 3.05) is 19.7 Å². The van der Waals surface area contributed by atoms with E-state index in [1.165, 1.54) is 0 Å². The highest BCUT2D eigenvalue weighted by molar-refractivity contribution is 4.90. The smallest absolute Gasteiger partial charge is 0.129 e. The minimum absolute atomic E-state index is 0.111. The normalized spacial score (nSPS) is 27.1. The first-order chi connectivity index (χ1) is 6.59. The quantitative estimate of drug-likeness (QED) is 0.682. The third kappa shape index (κ3) is 2.98. The Hall–Kier alpha value is -0.560. The first kappa shape index (κ1) is 11.5. The van der Waals surface area contributed by atoms with E-state index in [1.807, 2.05) is 5.06 Å². The SMILES string of the molecule is C#CCON1CC(C)(C)NCC1CC. The largest absolute Gasteiger partial charge is 0.309 e. The molecule has 0 aromatic rings. The highest BCUT2D eigenvalue weighted by Gasteiger charge is 2.32. The molecule has 1 unspecified atom stereocenters. The summed E-state index contributed by atoms with van der Waals surface area (Å²) in [4.78, 5) is 5.53. The fourth-order valence-corrected chi connectivity index (χ4v) is 1.69. The standard InChI is InChI=1S/C11H20N2O/c1-5-7-14-13-9-11(3,4)12-8-10(13)6-2/h1,10,12H,6-9H2,2-4H3. The second-order valence-electron chi connectivity index (χ2n) is 4.38. The number of hydrogen-bond acceptors (Lipinski definition) is 3. The molecule has 0 aromatic heterocycles. The molecule has 3 heteroatoms. The van der Waals surface area contributed by atoms with Crippen molar-refractivity contribution >= 4 is 0 Å². The van der Waals surface area contributed by atoms with Gasteiger partial charge in [0.05, 0.1) is 0 Å². The maximum absolute atomic E-state index is 5.53. The number of rotatable bonds is 3. The molecule has 0 aromatic carbocycles. The van der Waals surface area contributed by atoms with Crippen LogP contribution in [0.25, 0.3) is 0 Å². The van der Waals surface area contributed by atoms with Crippen molar-refractivity contribution in [1.82, 2.24) is 10.4 Å². The minimum atomic E-state index is 0.111. The van der Waals surface area contributed by atoms with Gasteiger partial charge in [0.1, 0.15) is 6.61 Å². The van der Waals surface area contributed by atoms with Gasteiger partial charge in [-0.2, -0.15) is 5.06 Å². The van der Waals surface area contributed by atoms with Crippen LogP contribution in [-0.2, 0) is 4.84 Å². The Morgan fingerprint density at radius 2 is 2.36 bits per heavy atom. The van der Waals surface area contributed by atoms with E-state index in [0.29, 0.717) is 12.6 Å². The summed E-state index contributed by atoms with van der Waals surface area (Å²) in [6.07, 6.45) is 6.26. The van der Waals surface area contributed by atoms with Crippen molar-refractivity contribution in [3.8, 4) is 12.3 Å². The molecule has 0 bridgehead atoms. The molecule has 1 aliphatic rings. The fourth-order valence-electron chi connectivity index (χ4n) is 1.69. The summed E-state index contributed by atoms with van der Waals surface area (Å²) in [5.74, 6) is 2.50. The van der Waals surface area contributed by atoms with Gasteiger partial charge in [-0.05, 0) is 20.3 Å². The lowest BCUT2D eigenvalue weighted by atomic mass is 10.00. The molecule has 14 heavy (non-hydrogen) atoms. The molecule has 0 radical (unpaired) electrons. The monoisotopic (exact) mass is 196 g/mol. The molecule has 1 aliphatic heterocycles. The lowest BCUT2D eigenvalue weighted by Gasteiger charge is -2.43. The van der Waals surface area contributed by atoms with Gasteiger partial charge in [0, 0.05) is 24.7 Å². The van der Waals surface area contributed by atoms with Crippen molar-refractivity contribution in [1.29, 1.82) is 0 Å². The van der Waals surface area contributed by atoms with Gasteiger partial charge < -0.3 is 5.32 Å². The lowest BCUT2D eigenvalue weighted by Crippen LogP contribution is -2.61. The molecule has 1 heterocycles. The van der Waals surface area contributed by atoms with Gasteiger partial charge in [0.25, 0.3) is 0 Å². The van der Waals surface area contributed by atoms with Gasteiger partial charge in [-0.15, -0.1) is 6.42 Å². The number of piperazine rings is 1. The summed E-state index contributed by atoms with van der Waals surface area (Å²) in [6, 6.07) is 0.441. The molecule has 1 fully saturated rings. The Bertz CT molecular complexity index is 220. The zero-order chi connectivity index (χ0) is 10.6. The Balaban J connectivity index is 2.52. The van der Waals surface area contributed by atoms with E-state index in [0.717, 1.165) is 19.5 Å². The maximum atomic E-state index is 5.53. The first-order valence-electron chi connectivity index (χ1n) is 5.17. The van der Waals surface area contributed by atoms with Gasteiger partial charge in [-0.3, -0.25) is 4.84 Å².